The number of esters is 1. The molecule has 13 heteroatoms. The summed E-state index contributed by atoms with van der Waals surface area (Å²) in [5, 5.41) is 5.99. The van der Waals surface area contributed by atoms with E-state index in [0.29, 0.717) is 37.6 Å². The second kappa shape index (κ2) is 15.9. The lowest BCUT2D eigenvalue weighted by molar-refractivity contribution is -0.894. The summed E-state index contributed by atoms with van der Waals surface area (Å²) in [6.07, 6.45) is 0. The molecule has 2 heterocycles. The fourth-order valence-corrected chi connectivity index (χ4v) is 9.25. The van der Waals surface area contributed by atoms with Gasteiger partial charge in [-0.3, -0.25) is 4.79 Å². The minimum absolute atomic E-state index is 0.220. The molecule has 0 spiro atoms. The largest absolute Gasteiger partial charge is 0.744 e. The summed E-state index contributed by atoms with van der Waals surface area (Å²) in [6.45, 7) is 12.1. The SMILES string of the molecule is CC[NH+](CC)CC.COC(=O)c1ccc2cc(C(=O)Nc3ccc(-c4nc5ccc(-c6nc7ccc(C)c(S(=O)(=O)[O-])c7s6)cc5s4)cc3)ccc2c1. The average molecular weight is 767 g/mol. The lowest BCUT2D eigenvalue weighted by Gasteiger charge is -2.10. The van der Waals surface area contributed by atoms with Crippen molar-refractivity contribution in [1.29, 1.82) is 0 Å². The number of hydrogen-bond donors (Lipinski definition) is 2. The molecule has 0 aliphatic heterocycles. The molecule has 0 bridgehead atoms. The third-order valence-corrected chi connectivity index (χ3v) is 12.4. The van der Waals surface area contributed by atoms with E-state index in [1.165, 1.54) is 49.4 Å². The number of ether oxygens (including phenoxy) is 1. The molecule has 2 aromatic heterocycles. The van der Waals surface area contributed by atoms with Crippen LogP contribution in [0.4, 0.5) is 5.69 Å². The number of aromatic nitrogens is 2. The Morgan fingerprint density at radius 1 is 0.755 bits per heavy atom. The van der Waals surface area contributed by atoms with Gasteiger partial charge in [-0.15, -0.1) is 22.7 Å². The Kier molecular flexibility index (Phi) is 11.3. The van der Waals surface area contributed by atoms with Gasteiger partial charge in [0, 0.05) is 22.4 Å². The number of quaternary nitrogens is 1. The molecule has 0 aliphatic rings. The minimum atomic E-state index is -4.65. The molecule has 2 N–H and O–H groups in total. The number of amides is 1. The van der Waals surface area contributed by atoms with Gasteiger partial charge in [0.25, 0.3) is 5.91 Å². The van der Waals surface area contributed by atoms with Crippen LogP contribution in [0.5, 0.6) is 0 Å². The fraction of sp³-hybridized carbons (Fsp3) is 0.200. The quantitative estimate of drug-likeness (QED) is 0.113. The van der Waals surface area contributed by atoms with Crippen molar-refractivity contribution in [3.8, 4) is 21.1 Å². The van der Waals surface area contributed by atoms with Crippen LogP contribution >= 0.6 is 22.7 Å². The number of hydrogen-bond acceptors (Lipinski definition) is 10. The third kappa shape index (κ3) is 8.29. The van der Waals surface area contributed by atoms with Gasteiger partial charge in [-0.05, 0) is 117 Å². The smallest absolute Gasteiger partial charge is 0.337 e. The van der Waals surface area contributed by atoms with E-state index in [-0.39, 0.29) is 10.8 Å². The topological polar surface area (TPSA) is 143 Å². The first kappa shape index (κ1) is 37.7. The van der Waals surface area contributed by atoms with Crippen molar-refractivity contribution in [2.75, 3.05) is 32.1 Å². The highest BCUT2D eigenvalue weighted by molar-refractivity contribution is 7.86. The van der Waals surface area contributed by atoms with Gasteiger partial charge in [0.05, 0.1) is 57.6 Å². The molecular formula is C40H38N4O6S3. The van der Waals surface area contributed by atoms with Crippen LogP contribution in [-0.4, -0.2) is 61.6 Å². The fourth-order valence-electron chi connectivity index (χ4n) is 5.96. The molecule has 53 heavy (non-hydrogen) atoms. The molecular weight excluding hydrogens is 729 g/mol. The van der Waals surface area contributed by atoms with Crippen molar-refractivity contribution in [1.82, 2.24) is 9.97 Å². The van der Waals surface area contributed by atoms with Crippen molar-refractivity contribution >= 4 is 81.6 Å². The van der Waals surface area contributed by atoms with Crippen LogP contribution in [0.1, 0.15) is 47.1 Å². The Morgan fingerprint density at radius 2 is 1.34 bits per heavy atom. The number of benzene rings is 5. The Balaban J connectivity index is 0.000000626. The van der Waals surface area contributed by atoms with Gasteiger partial charge >= 0.3 is 5.97 Å². The zero-order valence-electron chi connectivity index (χ0n) is 29.9. The number of aryl methyl sites for hydroxylation is 1. The molecule has 0 aliphatic carbocycles. The van der Waals surface area contributed by atoms with Crippen LogP contribution < -0.4 is 10.2 Å². The van der Waals surface area contributed by atoms with Crippen LogP contribution in [-0.2, 0) is 14.9 Å². The van der Waals surface area contributed by atoms with E-state index < -0.39 is 16.1 Å². The maximum absolute atomic E-state index is 13.0. The molecule has 0 saturated carbocycles. The number of fused-ring (bicyclic) bond motifs is 3. The number of carbonyl (C=O) groups excluding carboxylic acids is 2. The van der Waals surface area contributed by atoms with Crippen molar-refractivity contribution in [2.45, 2.75) is 32.6 Å². The number of nitrogens with one attached hydrogen (secondary N) is 2. The number of nitrogens with zero attached hydrogens (tertiary/aromatic N) is 2. The Hall–Kier alpha value is -5.05. The predicted octanol–water partition coefficient (Wildman–Crippen LogP) is 7.58. The van der Waals surface area contributed by atoms with Gasteiger partial charge in [0.1, 0.15) is 20.1 Å². The van der Waals surface area contributed by atoms with Crippen LogP contribution in [0.15, 0.2) is 95.9 Å². The molecule has 10 nitrogen and oxygen atoms in total. The standard InChI is InChI=1S/C34H23N3O6S3.C6H15N/c1-18-3-13-27-29(30(18)46(40,41)42)45-33(37-27)23-10-14-26-28(17-23)44-32(36-26)19-8-11-25(12-9-19)35-31(38)22-6-4-21-16-24(34(39)43-2)7-5-20(21)15-22;1-4-7(5-2)6-3/h3-17H,1-2H3,(H,35,38)(H,40,41,42);4-6H2,1-3H3. The molecule has 0 atom stereocenters. The molecule has 0 fully saturated rings. The van der Waals surface area contributed by atoms with E-state index in [2.05, 4.69) is 31.1 Å². The molecule has 0 saturated heterocycles. The molecule has 1 amide bonds. The van der Waals surface area contributed by atoms with Gasteiger partial charge < -0.3 is 19.5 Å². The highest BCUT2D eigenvalue weighted by Gasteiger charge is 2.17. The number of rotatable bonds is 9. The first-order valence-corrected chi connectivity index (χ1v) is 20.1. The Bertz CT molecular complexity index is 2570. The van der Waals surface area contributed by atoms with Crippen molar-refractivity contribution < 1.29 is 32.2 Å². The third-order valence-electron chi connectivity index (χ3n) is 9.01. The van der Waals surface area contributed by atoms with Crippen LogP contribution in [0, 0.1) is 6.92 Å². The number of anilines is 1. The minimum Gasteiger partial charge on any atom is -0.744 e. The summed E-state index contributed by atoms with van der Waals surface area (Å²) in [4.78, 5) is 35.6. The Morgan fingerprint density at radius 3 is 1.96 bits per heavy atom. The monoisotopic (exact) mass is 766 g/mol. The van der Waals surface area contributed by atoms with Gasteiger partial charge in [0.15, 0.2) is 0 Å². The van der Waals surface area contributed by atoms with E-state index in [1.54, 1.807) is 60.4 Å². The predicted molar refractivity (Wildman–Crippen MR) is 212 cm³/mol. The number of methoxy groups -OCH3 is 1. The highest BCUT2D eigenvalue weighted by atomic mass is 32.2. The van der Waals surface area contributed by atoms with Crippen LogP contribution in [0.2, 0.25) is 0 Å². The van der Waals surface area contributed by atoms with Crippen LogP contribution in [0.3, 0.4) is 0 Å². The molecule has 272 valence electrons. The molecule has 7 rings (SSSR count). The van der Waals surface area contributed by atoms with Gasteiger partial charge in [0.2, 0.25) is 0 Å². The van der Waals surface area contributed by atoms with Gasteiger partial charge in [-0.25, -0.2) is 23.2 Å². The summed E-state index contributed by atoms with van der Waals surface area (Å²) in [7, 11) is -3.32. The van der Waals surface area contributed by atoms with Crippen LogP contribution in [0.25, 0.3) is 52.3 Å². The van der Waals surface area contributed by atoms with E-state index in [9.17, 15) is 22.6 Å². The summed E-state index contributed by atoms with van der Waals surface area (Å²) in [5.74, 6) is -0.677. The lowest BCUT2D eigenvalue weighted by atomic mass is 10.0. The molecule has 7 aromatic rings. The molecule has 5 aromatic carbocycles. The molecule has 0 unspecified atom stereocenters. The second-order valence-corrected chi connectivity index (χ2v) is 15.7. The lowest BCUT2D eigenvalue weighted by Crippen LogP contribution is -3.11. The van der Waals surface area contributed by atoms with Crippen molar-refractivity contribution in [3.63, 3.8) is 0 Å². The highest BCUT2D eigenvalue weighted by Crippen LogP contribution is 2.38. The Labute approximate surface area is 315 Å². The zero-order valence-corrected chi connectivity index (χ0v) is 32.3. The average Bonchev–Trinajstić information content (AvgIpc) is 3.79. The summed E-state index contributed by atoms with van der Waals surface area (Å²) in [6, 6.07) is 26.9. The maximum atomic E-state index is 13.0. The van der Waals surface area contributed by atoms with E-state index in [4.69, 9.17) is 9.72 Å². The second-order valence-electron chi connectivity index (χ2n) is 12.3. The van der Waals surface area contributed by atoms with E-state index in [1.807, 2.05) is 42.5 Å². The number of thiazole rings is 2. The first-order chi connectivity index (χ1) is 25.4. The number of carbonyl (C=O) groups is 2. The normalized spacial score (nSPS) is 11.5. The van der Waals surface area contributed by atoms with Gasteiger partial charge in [-0.1, -0.05) is 18.2 Å². The van der Waals surface area contributed by atoms with Crippen molar-refractivity contribution in [3.05, 3.63) is 108 Å². The van der Waals surface area contributed by atoms with Crippen molar-refractivity contribution in [2.24, 2.45) is 0 Å². The molecule has 0 radical (unpaired) electrons. The van der Waals surface area contributed by atoms with E-state index in [0.717, 1.165) is 37.1 Å². The summed E-state index contributed by atoms with van der Waals surface area (Å²) in [5.41, 5.74) is 4.90. The van der Waals surface area contributed by atoms with E-state index >= 15 is 0 Å². The first-order valence-electron chi connectivity index (χ1n) is 17.1. The van der Waals surface area contributed by atoms with Gasteiger partial charge in [-0.2, -0.15) is 0 Å². The summed E-state index contributed by atoms with van der Waals surface area (Å²) >= 11 is 2.68. The zero-order chi connectivity index (χ0) is 37.9. The maximum Gasteiger partial charge on any atom is 0.337 e. The summed E-state index contributed by atoms with van der Waals surface area (Å²) < 4.78 is 41.8.